The van der Waals surface area contributed by atoms with Crippen molar-refractivity contribution in [3.63, 3.8) is 0 Å². The highest BCUT2D eigenvalue weighted by molar-refractivity contribution is 5.81. The van der Waals surface area contributed by atoms with Gasteiger partial charge in [-0.25, -0.2) is 4.98 Å². The van der Waals surface area contributed by atoms with Crippen LogP contribution in [0.3, 0.4) is 0 Å². The third kappa shape index (κ3) is 0.855. The highest BCUT2D eigenvalue weighted by atomic mass is 15.0. The quantitative estimate of drug-likeness (QED) is 0.502. The number of hydrogen-bond acceptors (Lipinski definition) is 1. The zero-order valence-corrected chi connectivity index (χ0v) is 6.94. The molecule has 2 heteroatoms. The monoisotopic (exact) mass is 167 g/mol. The summed E-state index contributed by atoms with van der Waals surface area (Å²) in [7, 11) is 0. The molecule has 2 nitrogen and oxygen atoms in total. The molecule has 0 fully saturated rings. The first kappa shape index (κ1) is 6.66. The normalized spacial score (nSPS) is 11.1. The lowest BCUT2D eigenvalue weighted by atomic mass is 10.2. The van der Waals surface area contributed by atoms with Gasteiger partial charge in [0.2, 0.25) is 0 Å². The summed E-state index contributed by atoms with van der Waals surface area (Å²) in [6.45, 7) is 0. The van der Waals surface area contributed by atoms with Crippen LogP contribution in [0.1, 0.15) is 0 Å². The summed E-state index contributed by atoms with van der Waals surface area (Å²) >= 11 is 0. The number of para-hydroxylation sites is 1. The molecular formula is C11H7N2. The molecule has 0 amide bonds. The number of nitrogens with zero attached hydrogens (tertiary/aromatic N) is 2. The van der Waals surface area contributed by atoms with Crippen molar-refractivity contribution in [3.8, 4) is 0 Å². The van der Waals surface area contributed by atoms with Gasteiger partial charge < -0.3 is 0 Å². The maximum Gasteiger partial charge on any atom is 0.138 e. The van der Waals surface area contributed by atoms with E-state index in [9.17, 15) is 0 Å². The van der Waals surface area contributed by atoms with Gasteiger partial charge in [-0.15, -0.1) is 0 Å². The lowest BCUT2D eigenvalue weighted by Crippen LogP contribution is -1.85. The first-order valence-corrected chi connectivity index (χ1v) is 4.18. The fraction of sp³-hybridized carbons (Fsp3) is 0. The Hall–Kier alpha value is -1.83. The van der Waals surface area contributed by atoms with Crippen LogP contribution < -0.4 is 0 Å². The highest BCUT2D eigenvalue weighted by Crippen LogP contribution is 2.14. The maximum atomic E-state index is 4.11. The maximum absolute atomic E-state index is 4.11. The molecule has 0 aliphatic rings. The minimum Gasteiger partial charge on any atom is -0.299 e. The largest absolute Gasteiger partial charge is 0.299 e. The molecule has 2 aromatic heterocycles. The third-order valence-electron chi connectivity index (χ3n) is 2.22. The first-order valence-electron chi connectivity index (χ1n) is 4.18. The van der Waals surface area contributed by atoms with Crippen molar-refractivity contribution in [2.45, 2.75) is 0 Å². The molecule has 0 aliphatic heterocycles. The molecule has 3 aromatic rings. The molecule has 0 N–H and O–H groups in total. The lowest BCUT2D eigenvalue weighted by Gasteiger charge is -1.99. The Morgan fingerprint density at radius 2 is 2.00 bits per heavy atom. The number of benzene rings is 1. The molecule has 61 valence electrons. The van der Waals surface area contributed by atoms with Crippen LogP contribution in [-0.2, 0) is 0 Å². The summed E-state index contributed by atoms with van der Waals surface area (Å²) in [5.41, 5.74) is 2.12. The van der Waals surface area contributed by atoms with E-state index in [0.29, 0.717) is 0 Å². The van der Waals surface area contributed by atoms with Gasteiger partial charge in [-0.3, -0.25) is 4.40 Å². The molecule has 0 atom stereocenters. The van der Waals surface area contributed by atoms with Gasteiger partial charge >= 0.3 is 0 Å². The van der Waals surface area contributed by atoms with E-state index in [1.54, 1.807) is 0 Å². The number of imidazole rings is 1. The second-order valence-corrected chi connectivity index (χ2v) is 2.99. The molecule has 1 aromatic carbocycles. The van der Waals surface area contributed by atoms with Gasteiger partial charge in [0.15, 0.2) is 0 Å². The Balaban J connectivity index is 2.65. The average Bonchev–Trinajstić information content (AvgIpc) is 2.65. The SMILES string of the molecule is [c]1cn2c(ccc3ccccc32)n1. The van der Waals surface area contributed by atoms with Crippen LogP contribution in [0, 0.1) is 6.20 Å². The molecular weight excluding hydrogens is 160 g/mol. The van der Waals surface area contributed by atoms with Crippen LogP contribution in [0.4, 0.5) is 0 Å². The van der Waals surface area contributed by atoms with E-state index in [-0.39, 0.29) is 0 Å². The fourth-order valence-corrected chi connectivity index (χ4v) is 1.60. The van der Waals surface area contributed by atoms with Crippen molar-refractivity contribution in [3.05, 3.63) is 48.8 Å². The summed E-state index contributed by atoms with van der Waals surface area (Å²) < 4.78 is 2.04. The van der Waals surface area contributed by atoms with E-state index in [1.807, 2.05) is 28.8 Å². The first-order chi connectivity index (χ1) is 6.45. The number of fused-ring (bicyclic) bond motifs is 3. The van der Waals surface area contributed by atoms with Gasteiger partial charge in [-0.1, -0.05) is 18.2 Å². The van der Waals surface area contributed by atoms with Crippen molar-refractivity contribution in [2.24, 2.45) is 0 Å². The summed E-state index contributed by atoms with van der Waals surface area (Å²) in [6.07, 6.45) is 4.70. The second kappa shape index (κ2) is 2.33. The van der Waals surface area contributed by atoms with Crippen LogP contribution >= 0.6 is 0 Å². The fourth-order valence-electron chi connectivity index (χ4n) is 1.60. The van der Waals surface area contributed by atoms with Gasteiger partial charge in [0.05, 0.1) is 5.52 Å². The van der Waals surface area contributed by atoms with Gasteiger partial charge in [-0.2, -0.15) is 0 Å². The van der Waals surface area contributed by atoms with Crippen LogP contribution in [-0.4, -0.2) is 9.38 Å². The minimum absolute atomic E-state index is 0.943. The number of hydrogen-bond donors (Lipinski definition) is 0. The highest BCUT2D eigenvalue weighted by Gasteiger charge is 1.97. The Morgan fingerprint density at radius 3 is 3.00 bits per heavy atom. The van der Waals surface area contributed by atoms with Crippen molar-refractivity contribution in [2.75, 3.05) is 0 Å². The number of pyridine rings is 1. The van der Waals surface area contributed by atoms with E-state index in [1.165, 1.54) is 10.9 Å². The molecule has 0 aliphatic carbocycles. The van der Waals surface area contributed by atoms with Gasteiger partial charge in [0.25, 0.3) is 0 Å². The van der Waals surface area contributed by atoms with E-state index in [2.05, 4.69) is 29.4 Å². The third-order valence-corrected chi connectivity index (χ3v) is 2.22. The Bertz CT molecular complexity index is 566. The zero-order valence-electron chi connectivity index (χ0n) is 6.94. The summed E-state index contributed by atoms with van der Waals surface area (Å²) in [6, 6.07) is 12.3. The minimum atomic E-state index is 0.943. The predicted octanol–water partition coefficient (Wildman–Crippen LogP) is 2.29. The zero-order chi connectivity index (χ0) is 8.67. The lowest BCUT2D eigenvalue weighted by molar-refractivity contribution is 1.26. The van der Waals surface area contributed by atoms with Crippen molar-refractivity contribution < 1.29 is 0 Å². The number of aromatic nitrogens is 2. The van der Waals surface area contributed by atoms with Crippen LogP contribution in [0.25, 0.3) is 16.6 Å². The van der Waals surface area contributed by atoms with E-state index in [0.717, 1.165) is 5.65 Å². The summed E-state index contributed by atoms with van der Waals surface area (Å²) in [5, 5.41) is 1.22. The molecule has 0 saturated carbocycles. The molecule has 0 unspecified atom stereocenters. The summed E-state index contributed by atoms with van der Waals surface area (Å²) in [5.74, 6) is 0. The standard InChI is InChI=1S/C11H7N2/c1-2-4-10-9(3-1)5-6-11-12-7-8-13(10)11/h1-6,8H. The Labute approximate surface area is 75.5 Å². The molecule has 2 heterocycles. The second-order valence-electron chi connectivity index (χ2n) is 2.99. The molecule has 0 spiro atoms. The van der Waals surface area contributed by atoms with E-state index < -0.39 is 0 Å². The Morgan fingerprint density at radius 1 is 1.08 bits per heavy atom. The molecule has 13 heavy (non-hydrogen) atoms. The van der Waals surface area contributed by atoms with Crippen molar-refractivity contribution >= 4 is 16.6 Å². The van der Waals surface area contributed by atoms with Gasteiger partial charge in [0, 0.05) is 6.20 Å². The smallest absolute Gasteiger partial charge is 0.138 e. The van der Waals surface area contributed by atoms with Gasteiger partial charge in [0.1, 0.15) is 11.8 Å². The van der Waals surface area contributed by atoms with Crippen molar-refractivity contribution in [1.82, 2.24) is 9.38 Å². The molecule has 0 saturated heterocycles. The average molecular weight is 167 g/mol. The summed E-state index contributed by atoms with van der Waals surface area (Å²) in [4.78, 5) is 4.11. The van der Waals surface area contributed by atoms with Crippen LogP contribution in [0.2, 0.25) is 0 Å². The molecule has 1 radical (unpaired) electrons. The molecule has 3 rings (SSSR count). The molecule has 0 bridgehead atoms. The predicted molar refractivity (Wildman–Crippen MR) is 51.5 cm³/mol. The van der Waals surface area contributed by atoms with Crippen LogP contribution in [0.15, 0.2) is 42.6 Å². The van der Waals surface area contributed by atoms with Gasteiger partial charge in [-0.05, 0) is 23.6 Å². The Kier molecular flexibility index (Phi) is 1.19. The van der Waals surface area contributed by atoms with Crippen molar-refractivity contribution in [1.29, 1.82) is 0 Å². The number of rotatable bonds is 0. The van der Waals surface area contributed by atoms with E-state index in [4.69, 9.17) is 0 Å². The topological polar surface area (TPSA) is 17.3 Å². The van der Waals surface area contributed by atoms with E-state index >= 15 is 0 Å². The van der Waals surface area contributed by atoms with Crippen LogP contribution in [0.5, 0.6) is 0 Å².